The molecule has 0 N–H and O–H groups in total. The third-order valence-corrected chi connectivity index (χ3v) is 4.89. The lowest BCUT2D eigenvalue weighted by molar-refractivity contribution is 0.222. The normalized spacial score (nSPS) is 17.7. The van der Waals surface area contributed by atoms with E-state index in [2.05, 4.69) is 64.9 Å². The van der Waals surface area contributed by atoms with Gasteiger partial charge in [-0.05, 0) is 69.1 Å². The van der Waals surface area contributed by atoms with Crippen LogP contribution in [0.15, 0.2) is 18.2 Å². The van der Waals surface area contributed by atoms with Crippen LogP contribution in [0.3, 0.4) is 0 Å². The van der Waals surface area contributed by atoms with E-state index in [-0.39, 0.29) is 0 Å². The van der Waals surface area contributed by atoms with Crippen molar-refractivity contribution in [3.63, 3.8) is 0 Å². The van der Waals surface area contributed by atoms with Crippen LogP contribution in [0, 0.1) is 12.8 Å². The Kier molecular flexibility index (Phi) is 5.28. The van der Waals surface area contributed by atoms with E-state index in [4.69, 9.17) is 0 Å². The highest BCUT2D eigenvalue weighted by atomic mass is 79.9. The number of halogens is 1. The summed E-state index contributed by atoms with van der Waals surface area (Å²) in [4.78, 5) is 4.85. The number of hydrogen-bond donors (Lipinski definition) is 0. The van der Waals surface area contributed by atoms with Gasteiger partial charge in [0.2, 0.25) is 0 Å². The van der Waals surface area contributed by atoms with Crippen molar-refractivity contribution in [2.24, 2.45) is 5.92 Å². The summed E-state index contributed by atoms with van der Waals surface area (Å²) in [6.07, 6.45) is 2.67. The van der Waals surface area contributed by atoms with Crippen molar-refractivity contribution in [3.05, 3.63) is 29.3 Å². The van der Waals surface area contributed by atoms with Crippen molar-refractivity contribution in [1.82, 2.24) is 4.90 Å². The highest BCUT2D eigenvalue weighted by molar-refractivity contribution is 9.08. The van der Waals surface area contributed by atoms with Crippen molar-refractivity contribution in [2.45, 2.75) is 25.1 Å². The van der Waals surface area contributed by atoms with E-state index in [1.165, 1.54) is 49.3 Å². The maximum Gasteiger partial charge on any atom is 0.0366 e. The second-order valence-corrected chi connectivity index (χ2v) is 6.43. The molecule has 1 aromatic carbocycles. The lowest BCUT2D eigenvalue weighted by Gasteiger charge is -2.32. The quantitative estimate of drug-likeness (QED) is 0.780. The molecule has 19 heavy (non-hydrogen) atoms. The minimum atomic E-state index is 0.845. The maximum atomic E-state index is 3.54. The second kappa shape index (κ2) is 6.76. The van der Waals surface area contributed by atoms with E-state index >= 15 is 0 Å². The van der Waals surface area contributed by atoms with Gasteiger partial charge in [-0.2, -0.15) is 0 Å². The number of rotatable bonds is 4. The fraction of sp³-hybridized carbons (Fsp3) is 0.625. The van der Waals surface area contributed by atoms with Crippen LogP contribution < -0.4 is 4.90 Å². The largest absolute Gasteiger partial charge is 0.374 e. The number of piperidine rings is 1. The highest BCUT2D eigenvalue weighted by Gasteiger charge is 2.18. The predicted octanol–water partition coefficient (Wildman–Crippen LogP) is 3.67. The Morgan fingerprint density at radius 3 is 2.58 bits per heavy atom. The van der Waals surface area contributed by atoms with Gasteiger partial charge < -0.3 is 9.80 Å². The number of aryl methyl sites for hydroxylation is 1. The molecule has 0 spiro atoms. The van der Waals surface area contributed by atoms with Crippen LogP contribution >= 0.6 is 15.9 Å². The monoisotopic (exact) mass is 324 g/mol. The van der Waals surface area contributed by atoms with Gasteiger partial charge in [-0.3, -0.25) is 0 Å². The highest BCUT2D eigenvalue weighted by Crippen LogP contribution is 2.23. The lowest BCUT2D eigenvalue weighted by atomic mass is 9.96. The van der Waals surface area contributed by atoms with E-state index in [1.807, 2.05) is 0 Å². The van der Waals surface area contributed by atoms with Crippen LogP contribution in [0.2, 0.25) is 0 Å². The molecule has 0 aliphatic carbocycles. The van der Waals surface area contributed by atoms with Crippen molar-refractivity contribution >= 4 is 21.6 Å². The smallest absolute Gasteiger partial charge is 0.0366 e. The molecule has 0 bridgehead atoms. The molecule has 0 unspecified atom stereocenters. The molecular formula is C16H25BrN2. The van der Waals surface area contributed by atoms with Crippen LogP contribution in [0.4, 0.5) is 5.69 Å². The van der Waals surface area contributed by atoms with Gasteiger partial charge >= 0.3 is 0 Å². The third kappa shape index (κ3) is 3.96. The summed E-state index contributed by atoms with van der Waals surface area (Å²) in [5.41, 5.74) is 4.11. The minimum Gasteiger partial charge on any atom is -0.374 e. The SMILES string of the molecule is Cc1cc(N(C)CC2CCN(C)CC2)ccc1CBr. The van der Waals surface area contributed by atoms with Gasteiger partial charge in [0.05, 0.1) is 0 Å². The zero-order valence-corrected chi connectivity index (χ0v) is 13.9. The summed E-state index contributed by atoms with van der Waals surface area (Å²) >= 11 is 3.54. The molecule has 2 rings (SSSR count). The first kappa shape index (κ1) is 14.9. The molecule has 2 nitrogen and oxygen atoms in total. The van der Waals surface area contributed by atoms with E-state index in [0.717, 1.165) is 11.2 Å². The molecule has 0 radical (unpaired) electrons. The van der Waals surface area contributed by atoms with Gasteiger partial charge in [-0.15, -0.1) is 0 Å². The molecule has 3 heteroatoms. The van der Waals surface area contributed by atoms with Crippen molar-refractivity contribution < 1.29 is 0 Å². The fourth-order valence-corrected chi connectivity index (χ4v) is 3.43. The van der Waals surface area contributed by atoms with Gasteiger partial charge in [0.1, 0.15) is 0 Å². The molecule has 1 heterocycles. The number of likely N-dealkylation sites (tertiary alicyclic amines) is 1. The van der Waals surface area contributed by atoms with E-state index < -0.39 is 0 Å². The van der Waals surface area contributed by atoms with Crippen molar-refractivity contribution in [1.29, 1.82) is 0 Å². The molecule has 1 aromatic rings. The lowest BCUT2D eigenvalue weighted by Crippen LogP contribution is -2.35. The zero-order valence-electron chi connectivity index (χ0n) is 12.3. The van der Waals surface area contributed by atoms with E-state index in [9.17, 15) is 0 Å². The molecule has 1 aliphatic rings. The first-order valence-electron chi connectivity index (χ1n) is 7.15. The zero-order chi connectivity index (χ0) is 13.8. The van der Waals surface area contributed by atoms with Crippen LogP contribution in [-0.4, -0.2) is 38.6 Å². The predicted molar refractivity (Wildman–Crippen MR) is 87.3 cm³/mol. The van der Waals surface area contributed by atoms with Crippen molar-refractivity contribution in [2.75, 3.05) is 38.6 Å². The first-order chi connectivity index (χ1) is 9.10. The molecule has 0 saturated carbocycles. The van der Waals surface area contributed by atoms with Gasteiger partial charge in [0, 0.05) is 24.6 Å². The Hall–Kier alpha value is -0.540. The standard InChI is InChI=1S/C16H25BrN2/c1-13-10-16(5-4-15(13)11-17)19(3)12-14-6-8-18(2)9-7-14/h4-5,10,14H,6-9,11-12H2,1-3H3. The molecule has 0 atom stereocenters. The summed E-state index contributed by atoms with van der Waals surface area (Å²) < 4.78 is 0. The summed E-state index contributed by atoms with van der Waals surface area (Å²) in [6, 6.07) is 6.80. The number of benzene rings is 1. The molecule has 1 fully saturated rings. The first-order valence-corrected chi connectivity index (χ1v) is 8.27. The second-order valence-electron chi connectivity index (χ2n) is 5.87. The summed E-state index contributed by atoms with van der Waals surface area (Å²) in [5.74, 6) is 0.845. The Morgan fingerprint density at radius 1 is 1.32 bits per heavy atom. The Balaban J connectivity index is 1.96. The molecule has 0 amide bonds. The number of alkyl halides is 1. The van der Waals surface area contributed by atoms with Gasteiger partial charge in [0.25, 0.3) is 0 Å². The van der Waals surface area contributed by atoms with Crippen molar-refractivity contribution in [3.8, 4) is 0 Å². The molecule has 0 aromatic heterocycles. The van der Waals surface area contributed by atoms with Gasteiger partial charge in [-0.25, -0.2) is 0 Å². The van der Waals surface area contributed by atoms with Crippen LogP contribution in [0.25, 0.3) is 0 Å². The summed E-state index contributed by atoms with van der Waals surface area (Å²) in [5, 5.41) is 0.942. The fourth-order valence-electron chi connectivity index (χ4n) is 2.80. The Bertz CT molecular complexity index is 411. The molecular weight excluding hydrogens is 300 g/mol. The van der Waals surface area contributed by atoms with Crippen LogP contribution in [0.5, 0.6) is 0 Å². The minimum absolute atomic E-state index is 0.845. The average Bonchev–Trinajstić information content (AvgIpc) is 2.41. The number of anilines is 1. The topological polar surface area (TPSA) is 6.48 Å². The maximum absolute atomic E-state index is 3.54. The summed E-state index contributed by atoms with van der Waals surface area (Å²) in [7, 11) is 4.45. The molecule has 106 valence electrons. The van der Waals surface area contributed by atoms with Crippen LogP contribution in [-0.2, 0) is 5.33 Å². The molecule has 1 saturated heterocycles. The van der Waals surface area contributed by atoms with Gasteiger partial charge in [-0.1, -0.05) is 22.0 Å². The van der Waals surface area contributed by atoms with E-state index in [0.29, 0.717) is 0 Å². The van der Waals surface area contributed by atoms with Gasteiger partial charge in [0.15, 0.2) is 0 Å². The van der Waals surface area contributed by atoms with Crippen LogP contribution in [0.1, 0.15) is 24.0 Å². The Morgan fingerprint density at radius 2 is 2.00 bits per heavy atom. The Labute approximate surface area is 125 Å². The number of nitrogens with zero attached hydrogens (tertiary/aromatic N) is 2. The molecule has 1 aliphatic heterocycles. The average molecular weight is 325 g/mol. The van der Waals surface area contributed by atoms with E-state index in [1.54, 1.807) is 0 Å². The summed E-state index contributed by atoms with van der Waals surface area (Å²) in [6.45, 7) is 5.88. The number of hydrogen-bond acceptors (Lipinski definition) is 2. The third-order valence-electron chi connectivity index (χ3n) is 4.28.